The monoisotopic (exact) mass is 310 g/mol. The van der Waals surface area contributed by atoms with Crippen LogP contribution in [0.25, 0.3) is 0 Å². The number of benzene rings is 2. The second-order valence-corrected chi connectivity index (χ2v) is 7.12. The molecule has 0 aliphatic heterocycles. The summed E-state index contributed by atoms with van der Waals surface area (Å²) < 4.78 is 0. The Kier molecular flexibility index (Phi) is 4.09. The van der Waals surface area contributed by atoms with E-state index < -0.39 is 0 Å². The maximum atomic E-state index is 9.91. The van der Waals surface area contributed by atoms with Gasteiger partial charge in [0.2, 0.25) is 0 Å². The maximum Gasteiger partial charge on any atom is 0.118 e. The van der Waals surface area contributed by atoms with Gasteiger partial charge in [-0.3, -0.25) is 0 Å². The molecule has 1 saturated carbocycles. The normalized spacial score (nSPS) is 20.4. The third-order valence-corrected chi connectivity index (χ3v) is 5.72. The van der Waals surface area contributed by atoms with E-state index in [1.807, 2.05) is 26.0 Å². The topological polar surface area (TPSA) is 40.5 Å². The van der Waals surface area contributed by atoms with Crippen molar-refractivity contribution in [1.82, 2.24) is 0 Å². The molecule has 0 radical (unpaired) electrons. The van der Waals surface area contributed by atoms with Gasteiger partial charge in [0.1, 0.15) is 11.5 Å². The third kappa shape index (κ3) is 2.60. The van der Waals surface area contributed by atoms with Crippen molar-refractivity contribution >= 4 is 0 Å². The van der Waals surface area contributed by atoms with Crippen molar-refractivity contribution in [3.63, 3.8) is 0 Å². The number of rotatable bonds is 2. The molecule has 2 heteroatoms. The predicted molar refractivity (Wildman–Crippen MR) is 94.1 cm³/mol. The van der Waals surface area contributed by atoms with Crippen LogP contribution in [0.3, 0.4) is 0 Å². The van der Waals surface area contributed by atoms with E-state index in [1.54, 1.807) is 0 Å². The lowest BCUT2D eigenvalue weighted by Gasteiger charge is -2.44. The number of phenolic OH excluding ortho intramolecular Hbond substituents is 2. The summed E-state index contributed by atoms with van der Waals surface area (Å²) >= 11 is 0. The minimum atomic E-state index is -0.0326. The van der Waals surface area contributed by atoms with E-state index in [0.717, 1.165) is 17.5 Å². The summed E-state index contributed by atoms with van der Waals surface area (Å²) in [5.41, 5.74) is 4.38. The highest BCUT2D eigenvalue weighted by molar-refractivity contribution is 5.48. The van der Waals surface area contributed by atoms with Crippen molar-refractivity contribution in [2.24, 2.45) is 5.92 Å². The summed E-state index contributed by atoms with van der Waals surface area (Å²) in [6.07, 6.45) is 4.81. The van der Waals surface area contributed by atoms with Crippen LogP contribution >= 0.6 is 0 Å². The molecule has 2 aromatic carbocycles. The summed E-state index contributed by atoms with van der Waals surface area (Å²) in [6, 6.07) is 12.1. The van der Waals surface area contributed by atoms with Gasteiger partial charge in [-0.05, 0) is 67.0 Å². The fraction of sp³-hybridized carbons (Fsp3) is 0.429. The summed E-state index contributed by atoms with van der Waals surface area (Å²) in [5, 5.41) is 19.8. The first-order chi connectivity index (χ1) is 10.9. The van der Waals surface area contributed by atoms with Crippen molar-refractivity contribution < 1.29 is 10.2 Å². The molecule has 0 amide bonds. The van der Waals surface area contributed by atoms with E-state index in [0.29, 0.717) is 17.4 Å². The molecule has 1 aliphatic rings. The molecule has 0 saturated heterocycles. The molecule has 23 heavy (non-hydrogen) atoms. The van der Waals surface area contributed by atoms with Gasteiger partial charge in [0.05, 0.1) is 0 Å². The fourth-order valence-electron chi connectivity index (χ4n) is 4.24. The van der Waals surface area contributed by atoms with Crippen LogP contribution in [-0.4, -0.2) is 10.2 Å². The Morgan fingerprint density at radius 1 is 0.870 bits per heavy atom. The summed E-state index contributed by atoms with van der Waals surface area (Å²) in [7, 11) is 0. The van der Waals surface area contributed by atoms with E-state index in [-0.39, 0.29) is 5.41 Å². The fourth-order valence-corrected chi connectivity index (χ4v) is 4.24. The Balaban J connectivity index is 2.21. The Morgan fingerprint density at radius 2 is 1.39 bits per heavy atom. The number of hydrogen-bond donors (Lipinski definition) is 2. The molecular formula is C21H26O2. The number of hydrogen-bond acceptors (Lipinski definition) is 2. The molecule has 1 fully saturated rings. The first-order valence-electron chi connectivity index (χ1n) is 8.55. The Hall–Kier alpha value is -1.96. The van der Waals surface area contributed by atoms with Gasteiger partial charge in [0.25, 0.3) is 0 Å². The van der Waals surface area contributed by atoms with Crippen LogP contribution in [0, 0.1) is 19.8 Å². The molecule has 0 bridgehead atoms. The van der Waals surface area contributed by atoms with Crippen molar-refractivity contribution in [3.05, 3.63) is 58.7 Å². The SMILES string of the molecule is Cc1cc(C2(c3ccc(O)c(C)c3)CCCCC2C)ccc1O. The average Bonchev–Trinajstić information content (AvgIpc) is 2.53. The largest absolute Gasteiger partial charge is 0.508 e. The van der Waals surface area contributed by atoms with E-state index in [1.165, 1.54) is 30.4 Å². The van der Waals surface area contributed by atoms with Crippen LogP contribution in [0.2, 0.25) is 0 Å². The number of phenols is 2. The van der Waals surface area contributed by atoms with Gasteiger partial charge in [0.15, 0.2) is 0 Å². The molecule has 3 rings (SSSR count). The van der Waals surface area contributed by atoms with E-state index in [9.17, 15) is 10.2 Å². The third-order valence-electron chi connectivity index (χ3n) is 5.72. The van der Waals surface area contributed by atoms with Crippen LogP contribution in [-0.2, 0) is 5.41 Å². The highest BCUT2D eigenvalue weighted by Crippen LogP contribution is 2.49. The first kappa shape index (κ1) is 15.9. The van der Waals surface area contributed by atoms with Crippen molar-refractivity contribution in [2.45, 2.75) is 51.9 Å². The van der Waals surface area contributed by atoms with Gasteiger partial charge >= 0.3 is 0 Å². The van der Waals surface area contributed by atoms with Gasteiger partial charge in [-0.1, -0.05) is 44.0 Å². The van der Waals surface area contributed by atoms with Gasteiger partial charge in [-0.15, -0.1) is 0 Å². The smallest absolute Gasteiger partial charge is 0.118 e. The molecule has 1 atom stereocenters. The van der Waals surface area contributed by atoms with Crippen LogP contribution in [0.15, 0.2) is 36.4 Å². The highest BCUT2D eigenvalue weighted by Gasteiger charge is 2.41. The van der Waals surface area contributed by atoms with Crippen molar-refractivity contribution in [2.75, 3.05) is 0 Å². The van der Waals surface area contributed by atoms with Gasteiger partial charge in [-0.25, -0.2) is 0 Å². The molecule has 1 unspecified atom stereocenters. The number of aromatic hydroxyl groups is 2. The second kappa shape index (κ2) is 5.92. The number of aryl methyl sites for hydroxylation is 2. The molecule has 1 aliphatic carbocycles. The van der Waals surface area contributed by atoms with Crippen LogP contribution < -0.4 is 0 Å². The molecular weight excluding hydrogens is 284 g/mol. The van der Waals surface area contributed by atoms with E-state index in [4.69, 9.17) is 0 Å². The lowest BCUT2D eigenvalue weighted by atomic mass is 9.59. The first-order valence-corrected chi connectivity index (χ1v) is 8.55. The molecule has 0 aromatic heterocycles. The summed E-state index contributed by atoms with van der Waals surface area (Å²) in [4.78, 5) is 0. The molecule has 122 valence electrons. The van der Waals surface area contributed by atoms with Gasteiger partial charge in [0, 0.05) is 5.41 Å². The van der Waals surface area contributed by atoms with Crippen LogP contribution in [0.1, 0.15) is 54.9 Å². The molecule has 2 aromatic rings. The lowest BCUT2D eigenvalue weighted by Crippen LogP contribution is -2.38. The van der Waals surface area contributed by atoms with Crippen molar-refractivity contribution in [1.29, 1.82) is 0 Å². The van der Waals surface area contributed by atoms with Gasteiger partial charge in [-0.2, -0.15) is 0 Å². The quantitative estimate of drug-likeness (QED) is 0.799. The highest BCUT2D eigenvalue weighted by atomic mass is 16.3. The summed E-state index contributed by atoms with van der Waals surface area (Å²) in [5.74, 6) is 1.24. The predicted octanol–water partition coefficient (Wildman–Crippen LogP) is 5.21. The molecule has 0 heterocycles. The van der Waals surface area contributed by atoms with Crippen LogP contribution in [0.4, 0.5) is 0 Å². The van der Waals surface area contributed by atoms with Gasteiger partial charge < -0.3 is 10.2 Å². The Labute approximate surface area is 138 Å². The van der Waals surface area contributed by atoms with Crippen molar-refractivity contribution in [3.8, 4) is 11.5 Å². The zero-order chi connectivity index (χ0) is 16.6. The second-order valence-electron chi connectivity index (χ2n) is 7.12. The minimum absolute atomic E-state index is 0.0326. The maximum absolute atomic E-state index is 9.91. The Morgan fingerprint density at radius 3 is 1.83 bits per heavy atom. The summed E-state index contributed by atoms with van der Waals surface area (Å²) in [6.45, 7) is 6.26. The van der Waals surface area contributed by atoms with E-state index in [2.05, 4.69) is 31.2 Å². The zero-order valence-corrected chi connectivity index (χ0v) is 14.3. The lowest BCUT2D eigenvalue weighted by molar-refractivity contribution is 0.243. The van der Waals surface area contributed by atoms with E-state index >= 15 is 0 Å². The zero-order valence-electron chi connectivity index (χ0n) is 14.3. The minimum Gasteiger partial charge on any atom is -0.508 e. The average molecular weight is 310 g/mol. The Bertz CT molecular complexity index is 666. The molecule has 2 nitrogen and oxygen atoms in total. The standard InChI is InChI=1S/C21H26O2/c1-14-12-17(7-9-19(14)22)21(11-5-4-6-16(21)3)18-8-10-20(23)15(2)13-18/h7-10,12-13,16,22-23H,4-6,11H2,1-3H3. The molecule has 0 spiro atoms. The van der Waals surface area contributed by atoms with Crippen LogP contribution in [0.5, 0.6) is 11.5 Å². The molecule has 2 N–H and O–H groups in total.